The summed E-state index contributed by atoms with van der Waals surface area (Å²) in [6, 6.07) is 11.8. The molecule has 3 fully saturated rings. The van der Waals surface area contributed by atoms with Gasteiger partial charge in [0.2, 0.25) is 5.91 Å². The van der Waals surface area contributed by atoms with Gasteiger partial charge in [-0.05, 0) is 12.0 Å². The molecule has 3 heterocycles. The van der Waals surface area contributed by atoms with Crippen LogP contribution in [0, 0.1) is 11.3 Å². The fourth-order valence-corrected chi connectivity index (χ4v) is 4.33. The number of hydrogen-bond acceptors (Lipinski definition) is 8. The Morgan fingerprint density at radius 1 is 1.09 bits per heavy atom. The molecule has 0 aliphatic carbocycles. The first-order chi connectivity index (χ1) is 15.9. The number of amides is 3. The minimum atomic E-state index is -1.92. The first-order valence-corrected chi connectivity index (χ1v) is 10.9. The predicted octanol–water partition coefficient (Wildman–Crippen LogP) is -0.523. The predicted molar refractivity (Wildman–Crippen MR) is 112 cm³/mol. The Morgan fingerprint density at radius 3 is 2.55 bits per heavy atom. The van der Waals surface area contributed by atoms with E-state index in [1.807, 2.05) is 41.3 Å². The first-order valence-electron chi connectivity index (χ1n) is 10.9. The summed E-state index contributed by atoms with van der Waals surface area (Å²) in [5.41, 5.74) is -0.741. The molecular weight excluding hydrogens is 430 g/mol. The third-order valence-electron chi connectivity index (χ3n) is 6.11. The summed E-state index contributed by atoms with van der Waals surface area (Å²) >= 11 is 0. The van der Waals surface area contributed by atoms with Crippen molar-refractivity contribution in [2.45, 2.75) is 24.7 Å². The molecule has 0 aromatic heterocycles. The van der Waals surface area contributed by atoms with Crippen molar-refractivity contribution >= 4 is 23.9 Å². The lowest BCUT2D eigenvalue weighted by Crippen LogP contribution is -2.61. The van der Waals surface area contributed by atoms with Crippen molar-refractivity contribution in [3.63, 3.8) is 0 Å². The summed E-state index contributed by atoms with van der Waals surface area (Å²) in [6.45, 7) is 2.77. The van der Waals surface area contributed by atoms with Crippen molar-refractivity contribution in [1.29, 1.82) is 5.26 Å². The van der Waals surface area contributed by atoms with Gasteiger partial charge in [-0.2, -0.15) is 5.26 Å². The van der Waals surface area contributed by atoms with Crippen molar-refractivity contribution in [3.05, 3.63) is 35.9 Å². The maximum absolute atomic E-state index is 12.7. The number of carbonyl (C=O) groups excluding carboxylic acids is 4. The maximum Gasteiger partial charge on any atom is 0.420 e. The van der Waals surface area contributed by atoms with Crippen molar-refractivity contribution in [2.24, 2.45) is 0 Å². The van der Waals surface area contributed by atoms with Gasteiger partial charge in [0.05, 0.1) is 6.54 Å². The zero-order chi connectivity index (χ0) is 23.4. The molecule has 11 heteroatoms. The number of benzene rings is 1. The number of ether oxygens (including phenoxy) is 2. The lowest BCUT2D eigenvalue weighted by Gasteiger charge is -2.37. The Balaban J connectivity index is 1.21. The minimum Gasteiger partial charge on any atom is -0.446 e. The zero-order valence-corrected chi connectivity index (χ0v) is 18.1. The van der Waals surface area contributed by atoms with Crippen LogP contribution in [0.25, 0.3) is 0 Å². The van der Waals surface area contributed by atoms with Crippen LogP contribution in [-0.4, -0.2) is 96.2 Å². The second kappa shape index (κ2) is 9.46. The molecule has 0 radical (unpaired) electrons. The number of fused-ring (bicyclic) bond motifs is 1. The fraction of sp³-hybridized carbons (Fsp3) is 0.500. The molecule has 3 amide bonds. The van der Waals surface area contributed by atoms with Crippen LogP contribution in [0.3, 0.4) is 0 Å². The van der Waals surface area contributed by atoms with Crippen molar-refractivity contribution in [3.8, 4) is 6.07 Å². The minimum absolute atomic E-state index is 0.0270. The molecule has 174 valence electrons. The van der Waals surface area contributed by atoms with E-state index < -0.39 is 29.7 Å². The maximum atomic E-state index is 12.7. The number of rotatable bonds is 8. The highest BCUT2D eigenvalue weighted by atomic mass is 16.7. The van der Waals surface area contributed by atoms with Crippen LogP contribution in [-0.2, 0) is 30.3 Å². The van der Waals surface area contributed by atoms with Crippen LogP contribution in [0.15, 0.2) is 30.3 Å². The zero-order valence-electron chi connectivity index (χ0n) is 18.1. The largest absolute Gasteiger partial charge is 0.446 e. The van der Waals surface area contributed by atoms with Gasteiger partial charge in [-0.1, -0.05) is 30.3 Å². The van der Waals surface area contributed by atoms with E-state index in [0.29, 0.717) is 32.7 Å². The van der Waals surface area contributed by atoms with Crippen LogP contribution in [0.4, 0.5) is 4.79 Å². The lowest BCUT2D eigenvalue weighted by molar-refractivity contribution is -0.217. The quantitative estimate of drug-likeness (QED) is 0.315. The molecule has 1 N–H and O–H groups in total. The molecule has 1 aromatic carbocycles. The average molecular weight is 455 g/mol. The van der Waals surface area contributed by atoms with E-state index in [0.717, 1.165) is 11.3 Å². The van der Waals surface area contributed by atoms with Crippen LogP contribution in [0.5, 0.6) is 0 Å². The van der Waals surface area contributed by atoms with E-state index in [4.69, 9.17) is 9.47 Å². The van der Waals surface area contributed by atoms with E-state index in [1.54, 1.807) is 4.90 Å². The Labute approximate surface area is 190 Å². The molecule has 0 spiro atoms. The van der Waals surface area contributed by atoms with E-state index in [-0.39, 0.29) is 25.5 Å². The molecule has 3 aliphatic heterocycles. The van der Waals surface area contributed by atoms with E-state index in [9.17, 15) is 24.4 Å². The number of urea groups is 1. The number of likely N-dealkylation sites (tertiary alicyclic amines) is 1. The number of hydrogen-bond donors (Lipinski definition) is 1. The third-order valence-corrected chi connectivity index (χ3v) is 6.11. The molecule has 11 nitrogen and oxygen atoms in total. The topological polar surface area (TPSA) is 132 Å². The van der Waals surface area contributed by atoms with Crippen LogP contribution in [0.2, 0.25) is 0 Å². The van der Waals surface area contributed by atoms with Crippen molar-refractivity contribution in [2.75, 3.05) is 45.8 Å². The molecule has 1 unspecified atom stereocenters. The summed E-state index contributed by atoms with van der Waals surface area (Å²) in [5.74, 6) is -2.90. The molecule has 3 aliphatic rings. The SMILES string of the molecule is N#C[C@]12OC(=O)C(=O)OC1CCN2C(=O)CNCCN1CCN(CCc2ccccc2)C1=O. The summed E-state index contributed by atoms with van der Waals surface area (Å²) in [7, 11) is 0. The molecular formula is C22H25N5O6. The lowest BCUT2D eigenvalue weighted by atomic mass is 10.1. The molecule has 1 aromatic rings. The van der Waals surface area contributed by atoms with E-state index >= 15 is 0 Å². The second-order valence-corrected chi connectivity index (χ2v) is 8.09. The van der Waals surface area contributed by atoms with Gasteiger partial charge >= 0.3 is 23.7 Å². The molecule has 2 atom stereocenters. The summed E-state index contributed by atoms with van der Waals surface area (Å²) in [6.07, 6.45) is 0.00460. The van der Waals surface area contributed by atoms with Gasteiger partial charge in [0.15, 0.2) is 6.10 Å². The van der Waals surface area contributed by atoms with Crippen molar-refractivity contribution in [1.82, 2.24) is 20.0 Å². The van der Waals surface area contributed by atoms with Crippen LogP contribution in [0.1, 0.15) is 12.0 Å². The fourth-order valence-electron chi connectivity index (χ4n) is 4.33. The Kier molecular flexibility index (Phi) is 6.46. The van der Waals surface area contributed by atoms with Gasteiger partial charge in [0.1, 0.15) is 6.07 Å². The van der Waals surface area contributed by atoms with Gasteiger partial charge in [0.25, 0.3) is 0 Å². The van der Waals surface area contributed by atoms with Gasteiger partial charge in [-0.25, -0.2) is 14.4 Å². The average Bonchev–Trinajstić information content (AvgIpc) is 3.36. The first kappa shape index (κ1) is 22.5. The summed E-state index contributed by atoms with van der Waals surface area (Å²) in [4.78, 5) is 53.0. The highest BCUT2D eigenvalue weighted by Gasteiger charge is 2.61. The second-order valence-electron chi connectivity index (χ2n) is 8.09. The van der Waals surface area contributed by atoms with Gasteiger partial charge in [-0.3, -0.25) is 9.69 Å². The standard InChI is InChI=1S/C22H25N5O6/c23-15-22-17(32-19(29)20(30)33-22)7-10-27(22)18(28)14-24-8-11-26-13-12-25(21(26)31)9-6-16-4-2-1-3-5-16/h1-5,17,24H,6-14H2/t17?,22-/m0/s1. The monoisotopic (exact) mass is 455 g/mol. The van der Waals surface area contributed by atoms with Crippen LogP contribution < -0.4 is 5.32 Å². The molecule has 4 rings (SSSR count). The molecule has 0 saturated carbocycles. The highest BCUT2D eigenvalue weighted by molar-refractivity contribution is 6.30. The smallest absolute Gasteiger partial charge is 0.420 e. The van der Waals surface area contributed by atoms with Gasteiger partial charge < -0.3 is 24.6 Å². The molecule has 3 saturated heterocycles. The van der Waals surface area contributed by atoms with E-state index in [1.165, 1.54) is 5.56 Å². The van der Waals surface area contributed by atoms with Gasteiger partial charge in [-0.15, -0.1) is 0 Å². The normalized spacial score (nSPS) is 24.4. The Morgan fingerprint density at radius 2 is 1.82 bits per heavy atom. The number of nitrogens with zero attached hydrogens (tertiary/aromatic N) is 4. The highest BCUT2D eigenvalue weighted by Crippen LogP contribution is 2.36. The Bertz CT molecular complexity index is 979. The number of carbonyl (C=O) groups is 4. The number of nitriles is 1. The Hall–Kier alpha value is -3.65. The third kappa shape index (κ3) is 4.47. The molecule has 33 heavy (non-hydrogen) atoms. The van der Waals surface area contributed by atoms with Crippen LogP contribution >= 0.6 is 0 Å². The van der Waals surface area contributed by atoms with Crippen molar-refractivity contribution < 1.29 is 28.7 Å². The summed E-state index contributed by atoms with van der Waals surface area (Å²) < 4.78 is 9.97. The number of nitrogens with one attached hydrogen (secondary N) is 1. The molecule has 0 bridgehead atoms. The van der Waals surface area contributed by atoms with E-state index in [2.05, 4.69) is 5.32 Å². The van der Waals surface area contributed by atoms with Gasteiger partial charge in [0, 0.05) is 45.7 Å². The summed E-state index contributed by atoms with van der Waals surface area (Å²) in [5, 5.41) is 12.6. The number of esters is 2.